The molecule has 4 aromatic carbocycles. The van der Waals surface area contributed by atoms with Gasteiger partial charge in [0, 0.05) is 16.9 Å². The molecule has 0 aliphatic rings. The summed E-state index contributed by atoms with van der Waals surface area (Å²) in [5, 5.41) is -0.219. The molecule has 0 saturated heterocycles. The lowest BCUT2D eigenvalue weighted by Crippen LogP contribution is -2.03. The number of benzene rings is 4. The number of halogens is 8. The summed E-state index contributed by atoms with van der Waals surface area (Å²) in [4.78, 5) is 0. The highest BCUT2D eigenvalue weighted by atomic mass is 19.4. The molecule has 184 valence electrons. The largest absolute Gasteiger partial charge is 0.483 e. The Hall–Kier alpha value is -4.06. The predicted octanol–water partition coefficient (Wildman–Crippen LogP) is 8.00. The number of alkyl halides is 3. The summed E-state index contributed by atoms with van der Waals surface area (Å²) in [6, 6.07) is 10.6. The monoisotopic (exact) mass is 506 g/mol. The van der Waals surface area contributed by atoms with E-state index in [1.54, 1.807) is 13.0 Å². The molecule has 4 rings (SSSR count). The molecule has 0 saturated carbocycles. The van der Waals surface area contributed by atoms with Crippen LogP contribution >= 0.6 is 0 Å². The van der Waals surface area contributed by atoms with E-state index in [-0.39, 0.29) is 27.5 Å². The van der Waals surface area contributed by atoms with Gasteiger partial charge in [-0.1, -0.05) is 30.2 Å². The van der Waals surface area contributed by atoms with Crippen LogP contribution in [0.3, 0.4) is 0 Å². The van der Waals surface area contributed by atoms with Gasteiger partial charge in [-0.3, -0.25) is 0 Å². The van der Waals surface area contributed by atoms with Gasteiger partial charge in [-0.25, -0.2) is 22.0 Å². The second-order valence-corrected chi connectivity index (χ2v) is 7.89. The SMILES string of the molecule is Cc1ccc(-c2cc(F)c(OCc3ccc4c(F)c(C#CC(F)(F)F)c(F)cc4c3)c(F)c2)c(F)c1. The lowest BCUT2D eigenvalue weighted by molar-refractivity contribution is -0.0696. The minimum absolute atomic E-state index is 0.00262. The Morgan fingerprint density at radius 2 is 1.47 bits per heavy atom. The first kappa shape index (κ1) is 25.0. The van der Waals surface area contributed by atoms with E-state index in [0.717, 1.165) is 30.2 Å². The van der Waals surface area contributed by atoms with E-state index in [1.807, 2.05) is 0 Å². The van der Waals surface area contributed by atoms with Crippen molar-refractivity contribution >= 4 is 10.8 Å². The number of aryl methyl sites for hydroxylation is 1. The van der Waals surface area contributed by atoms with E-state index in [4.69, 9.17) is 4.74 Å². The van der Waals surface area contributed by atoms with Crippen LogP contribution in [0.5, 0.6) is 5.75 Å². The van der Waals surface area contributed by atoms with Crippen molar-refractivity contribution < 1.29 is 39.9 Å². The highest BCUT2D eigenvalue weighted by Crippen LogP contribution is 2.32. The van der Waals surface area contributed by atoms with E-state index in [1.165, 1.54) is 30.2 Å². The molecule has 0 bridgehead atoms. The maximum absolute atomic E-state index is 14.6. The molecule has 36 heavy (non-hydrogen) atoms. The molecule has 0 heterocycles. The second-order valence-electron chi connectivity index (χ2n) is 7.89. The first-order valence-corrected chi connectivity index (χ1v) is 10.3. The van der Waals surface area contributed by atoms with Crippen LogP contribution in [0.25, 0.3) is 21.9 Å². The van der Waals surface area contributed by atoms with Crippen LogP contribution in [0, 0.1) is 47.9 Å². The zero-order chi connectivity index (χ0) is 26.2. The van der Waals surface area contributed by atoms with Crippen LogP contribution in [0.2, 0.25) is 0 Å². The van der Waals surface area contributed by atoms with Crippen LogP contribution < -0.4 is 4.74 Å². The quantitative estimate of drug-likeness (QED) is 0.201. The van der Waals surface area contributed by atoms with Crippen LogP contribution in [0.1, 0.15) is 16.7 Å². The standard InChI is InChI=1S/C27H14F8O/c1-14-2-4-18(21(28)8-14)17-11-23(30)26(24(31)12-17)36-13-15-3-5-19-16(9-15)10-22(29)20(25(19)32)6-7-27(33,34)35/h2-5,8-12H,13H2,1H3. The van der Waals surface area contributed by atoms with E-state index >= 15 is 0 Å². The molecule has 0 aliphatic carbocycles. The van der Waals surface area contributed by atoms with Gasteiger partial charge in [0.1, 0.15) is 24.1 Å². The minimum atomic E-state index is -4.92. The van der Waals surface area contributed by atoms with Crippen molar-refractivity contribution in [2.75, 3.05) is 0 Å². The van der Waals surface area contributed by atoms with Crippen LogP contribution in [0.4, 0.5) is 35.1 Å². The molecule has 0 aliphatic heterocycles. The molecule has 9 heteroatoms. The first-order valence-electron chi connectivity index (χ1n) is 10.3. The van der Waals surface area contributed by atoms with Gasteiger partial charge in [-0.05, 0) is 59.3 Å². The third kappa shape index (κ3) is 5.28. The van der Waals surface area contributed by atoms with Crippen molar-refractivity contribution in [2.24, 2.45) is 0 Å². The van der Waals surface area contributed by atoms with Gasteiger partial charge in [0.2, 0.25) is 0 Å². The molecule has 0 unspecified atom stereocenters. The second kappa shape index (κ2) is 9.53. The van der Waals surface area contributed by atoms with E-state index in [9.17, 15) is 35.1 Å². The average molecular weight is 506 g/mol. The van der Waals surface area contributed by atoms with Crippen molar-refractivity contribution in [2.45, 2.75) is 19.7 Å². The lowest BCUT2D eigenvalue weighted by atomic mass is 10.0. The third-order valence-electron chi connectivity index (χ3n) is 5.24. The van der Waals surface area contributed by atoms with Gasteiger partial charge in [0.25, 0.3) is 0 Å². The molecule has 0 atom stereocenters. The summed E-state index contributed by atoms with van der Waals surface area (Å²) in [5.41, 5.74) is -0.155. The minimum Gasteiger partial charge on any atom is -0.483 e. The molecular weight excluding hydrogens is 492 g/mol. The van der Waals surface area contributed by atoms with Crippen molar-refractivity contribution in [1.82, 2.24) is 0 Å². The van der Waals surface area contributed by atoms with E-state index in [2.05, 4.69) is 0 Å². The summed E-state index contributed by atoms with van der Waals surface area (Å²) >= 11 is 0. The van der Waals surface area contributed by atoms with Crippen LogP contribution in [-0.4, -0.2) is 6.18 Å². The molecule has 0 spiro atoms. The zero-order valence-electron chi connectivity index (χ0n) is 18.3. The van der Waals surface area contributed by atoms with Crippen molar-refractivity contribution in [3.63, 3.8) is 0 Å². The Morgan fingerprint density at radius 1 is 0.778 bits per heavy atom. The summed E-state index contributed by atoms with van der Waals surface area (Å²) < 4.78 is 114. The highest BCUT2D eigenvalue weighted by Gasteiger charge is 2.24. The number of ether oxygens (including phenoxy) is 1. The van der Waals surface area contributed by atoms with Gasteiger partial charge in [-0.2, -0.15) is 13.2 Å². The predicted molar refractivity (Wildman–Crippen MR) is 118 cm³/mol. The summed E-state index contributed by atoms with van der Waals surface area (Å²) in [5.74, 6) is -3.85. The van der Waals surface area contributed by atoms with E-state index < -0.39 is 53.2 Å². The Labute approximate surface area is 199 Å². The van der Waals surface area contributed by atoms with Gasteiger partial charge >= 0.3 is 6.18 Å². The third-order valence-corrected chi connectivity index (χ3v) is 5.24. The maximum Gasteiger partial charge on any atom is 0.458 e. The molecule has 0 radical (unpaired) electrons. The normalized spacial score (nSPS) is 11.4. The smallest absolute Gasteiger partial charge is 0.458 e. The summed E-state index contributed by atoms with van der Waals surface area (Å²) in [7, 11) is 0. The van der Waals surface area contributed by atoms with E-state index in [0.29, 0.717) is 5.56 Å². The number of fused-ring (bicyclic) bond motifs is 1. The molecule has 1 nitrogen and oxygen atoms in total. The van der Waals surface area contributed by atoms with Crippen LogP contribution in [0.15, 0.2) is 54.6 Å². The Kier molecular flexibility index (Phi) is 6.63. The molecule has 0 aromatic heterocycles. The number of hydrogen-bond donors (Lipinski definition) is 0. The highest BCUT2D eigenvalue weighted by molar-refractivity contribution is 5.85. The van der Waals surface area contributed by atoms with Crippen molar-refractivity contribution in [3.8, 4) is 28.7 Å². The number of hydrogen-bond acceptors (Lipinski definition) is 1. The van der Waals surface area contributed by atoms with Crippen LogP contribution in [-0.2, 0) is 6.61 Å². The fourth-order valence-corrected chi connectivity index (χ4v) is 3.58. The van der Waals surface area contributed by atoms with Gasteiger partial charge < -0.3 is 4.74 Å². The zero-order valence-corrected chi connectivity index (χ0v) is 18.3. The van der Waals surface area contributed by atoms with Gasteiger partial charge in [-0.15, -0.1) is 0 Å². The average Bonchev–Trinajstić information content (AvgIpc) is 2.77. The maximum atomic E-state index is 14.6. The fourth-order valence-electron chi connectivity index (χ4n) is 3.58. The first-order chi connectivity index (χ1) is 16.9. The fraction of sp³-hybridized carbons (Fsp3) is 0.111. The van der Waals surface area contributed by atoms with Crippen molar-refractivity contribution in [3.05, 3.63) is 100 Å². The Morgan fingerprint density at radius 3 is 2.11 bits per heavy atom. The topological polar surface area (TPSA) is 9.23 Å². The van der Waals surface area contributed by atoms with Gasteiger partial charge in [0.05, 0.1) is 5.56 Å². The number of rotatable bonds is 4. The molecule has 0 N–H and O–H groups in total. The Bertz CT molecular complexity index is 1520. The molecule has 0 fully saturated rings. The molecule has 0 amide bonds. The summed E-state index contributed by atoms with van der Waals surface area (Å²) in [6.07, 6.45) is -4.92. The molecular formula is C27H14F8O. The Balaban J connectivity index is 1.60. The van der Waals surface area contributed by atoms with Crippen molar-refractivity contribution in [1.29, 1.82) is 0 Å². The summed E-state index contributed by atoms with van der Waals surface area (Å²) in [6.45, 7) is 1.27. The molecule has 4 aromatic rings. The lowest BCUT2D eigenvalue weighted by Gasteiger charge is -2.12. The van der Waals surface area contributed by atoms with Gasteiger partial charge in [0.15, 0.2) is 17.4 Å².